The van der Waals surface area contributed by atoms with Crippen LogP contribution in [-0.2, 0) is 9.53 Å². The molecule has 0 unspecified atom stereocenters. The third-order valence-electron chi connectivity index (χ3n) is 2.92. The normalized spacial score (nSPS) is 15.4. The molecule has 0 bridgehead atoms. The van der Waals surface area contributed by atoms with Crippen LogP contribution in [0.4, 0.5) is 65.9 Å². The maximum absolute atomic E-state index is 13.2. The predicted molar refractivity (Wildman–Crippen MR) is 55.6 cm³/mol. The minimum Gasteiger partial charge on any atom is -0.366 e. The summed E-state index contributed by atoms with van der Waals surface area (Å²) < 4.78 is 194. The molecule has 0 spiro atoms. The van der Waals surface area contributed by atoms with Crippen LogP contribution in [-0.4, -0.2) is 54.3 Å². The lowest BCUT2D eigenvalue weighted by Gasteiger charge is -2.41. The first-order chi connectivity index (χ1) is 12.0. The lowest BCUT2D eigenvalue weighted by molar-refractivity contribution is -0.453. The van der Waals surface area contributed by atoms with Gasteiger partial charge < -0.3 is 4.74 Å². The number of alkyl halides is 15. The smallest absolute Gasteiger partial charge is 0.366 e. The van der Waals surface area contributed by atoms with E-state index < -0.39 is 54.3 Å². The maximum Gasteiger partial charge on any atom is 0.484 e. The molecule has 0 aliphatic carbocycles. The molecular formula is C11H4F15O2+. The molecular weight excluding hydrogens is 449 g/mol. The Morgan fingerprint density at radius 1 is 0.643 bits per heavy atom. The van der Waals surface area contributed by atoms with E-state index in [0.29, 0.717) is 0 Å². The second kappa shape index (κ2) is 6.84. The number of halogens is 15. The topological polar surface area (TPSA) is 26.3 Å². The van der Waals surface area contributed by atoms with Crippen molar-refractivity contribution in [2.45, 2.75) is 41.7 Å². The van der Waals surface area contributed by atoms with Crippen LogP contribution in [0, 0.1) is 6.58 Å². The van der Waals surface area contributed by atoms with Gasteiger partial charge in [-0.15, -0.1) is 4.79 Å². The minimum atomic E-state index is -8.38. The van der Waals surface area contributed by atoms with Gasteiger partial charge in [-0.05, 0) is 0 Å². The molecule has 0 heterocycles. The molecule has 0 aliphatic heterocycles. The zero-order valence-corrected chi connectivity index (χ0v) is 12.3. The van der Waals surface area contributed by atoms with Crippen molar-refractivity contribution in [1.29, 1.82) is 0 Å². The summed E-state index contributed by atoms with van der Waals surface area (Å²) in [5, 5.41) is 0. The van der Waals surface area contributed by atoms with Crippen molar-refractivity contribution in [2.24, 2.45) is 0 Å². The Kier molecular flexibility index (Phi) is 6.37. The van der Waals surface area contributed by atoms with Crippen LogP contribution in [0.15, 0.2) is 6.08 Å². The highest BCUT2D eigenvalue weighted by molar-refractivity contribution is 5.80. The molecule has 0 aromatic carbocycles. The number of ether oxygens (including phenoxy) is 1. The Balaban J connectivity index is 6.31. The summed E-state index contributed by atoms with van der Waals surface area (Å²) in [6.45, 7) is 1.11. The molecule has 0 saturated carbocycles. The van der Waals surface area contributed by atoms with Crippen molar-refractivity contribution in [3.05, 3.63) is 12.7 Å². The largest absolute Gasteiger partial charge is 0.484 e. The Hall–Kier alpha value is -1.93. The van der Waals surface area contributed by atoms with Crippen molar-refractivity contribution in [3.63, 3.8) is 0 Å². The fourth-order valence-electron chi connectivity index (χ4n) is 1.30. The van der Waals surface area contributed by atoms with Crippen LogP contribution >= 0.6 is 0 Å². The summed E-state index contributed by atoms with van der Waals surface area (Å²) >= 11 is 0. The van der Waals surface area contributed by atoms with Crippen LogP contribution in [0.5, 0.6) is 0 Å². The van der Waals surface area contributed by atoms with Crippen molar-refractivity contribution in [1.82, 2.24) is 0 Å². The molecule has 0 aliphatic rings. The molecule has 0 saturated heterocycles. The van der Waals surface area contributed by atoms with Gasteiger partial charge in [0.2, 0.25) is 6.08 Å². The Labute approximate surface area is 143 Å². The Morgan fingerprint density at radius 2 is 0.964 bits per heavy atom. The van der Waals surface area contributed by atoms with Crippen LogP contribution in [0.25, 0.3) is 0 Å². The van der Waals surface area contributed by atoms with Gasteiger partial charge in [0.1, 0.15) is 0 Å². The van der Waals surface area contributed by atoms with Gasteiger partial charge in [0.05, 0.1) is 6.58 Å². The predicted octanol–water partition coefficient (Wildman–Crippen LogP) is 4.89. The van der Waals surface area contributed by atoms with Crippen molar-refractivity contribution < 1.29 is 75.4 Å². The van der Waals surface area contributed by atoms with Crippen LogP contribution in [0.1, 0.15) is 0 Å². The zero-order valence-electron chi connectivity index (χ0n) is 12.3. The summed E-state index contributed by atoms with van der Waals surface area (Å²) in [4.78, 5) is 10.4. The first-order valence-corrected chi connectivity index (χ1v) is 6.01. The zero-order chi connectivity index (χ0) is 23.2. The average molecular weight is 453 g/mol. The maximum atomic E-state index is 13.2. The molecule has 28 heavy (non-hydrogen) atoms. The Morgan fingerprint density at radius 3 is 1.29 bits per heavy atom. The van der Waals surface area contributed by atoms with Gasteiger partial charge in [0, 0.05) is 0 Å². The summed E-state index contributed by atoms with van der Waals surface area (Å²) in [5.41, 5.74) is 0. The van der Waals surface area contributed by atoms with E-state index in [0.717, 1.165) is 0 Å². The molecule has 0 atom stereocenters. The van der Waals surface area contributed by atoms with Gasteiger partial charge in [-0.25, -0.2) is 0 Å². The lowest BCUT2D eigenvalue weighted by atomic mass is 9.91. The molecule has 0 aromatic heterocycles. The molecule has 0 N–H and O–H groups in total. The highest BCUT2D eigenvalue weighted by Crippen LogP contribution is 2.62. The van der Waals surface area contributed by atoms with E-state index in [1.54, 1.807) is 0 Å². The van der Waals surface area contributed by atoms with Gasteiger partial charge >= 0.3 is 47.7 Å². The van der Waals surface area contributed by atoms with E-state index in [4.69, 9.17) is 0 Å². The number of carbonyl (C=O) groups is 1. The monoisotopic (exact) mass is 453 g/mol. The van der Waals surface area contributed by atoms with E-state index >= 15 is 0 Å². The van der Waals surface area contributed by atoms with Crippen molar-refractivity contribution in [2.75, 3.05) is 6.61 Å². The number of hydrogen-bond donors (Lipinski definition) is 0. The lowest BCUT2D eigenvalue weighted by Crippen LogP contribution is -2.73. The van der Waals surface area contributed by atoms with E-state index in [1.165, 1.54) is 0 Å². The molecule has 0 rings (SSSR count). The molecule has 2 nitrogen and oxygen atoms in total. The second-order valence-electron chi connectivity index (χ2n) is 4.85. The third kappa shape index (κ3) is 3.55. The van der Waals surface area contributed by atoms with Crippen LogP contribution in [0.3, 0.4) is 0 Å². The van der Waals surface area contributed by atoms with Gasteiger partial charge in [-0.2, -0.15) is 65.9 Å². The summed E-state index contributed by atoms with van der Waals surface area (Å²) in [7, 11) is 0. The molecule has 0 aromatic rings. The molecule has 0 radical (unpaired) electrons. The summed E-state index contributed by atoms with van der Waals surface area (Å²) in [6, 6.07) is 0. The van der Waals surface area contributed by atoms with Crippen LogP contribution in [0.2, 0.25) is 0 Å². The van der Waals surface area contributed by atoms with Gasteiger partial charge in [-0.1, -0.05) is 0 Å². The highest BCUT2D eigenvalue weighted by Gasteiger charge is 2.93. The van der Waals surface area contributed by atoms with E-state index in [-0.39, 0.29) is 6.08 Å². The number of rotatable bonds is 8. The van der Waals surface area contributed by atoms with Gasteiger partial charge in [-0.3, -0.25) is 0 Å². The van der Waals surface area contributed by atoms with E-state index in [2.05, 4.69) is 11.3 Å². The van der Waals surface area contributed by atoms with Crippen LogP contribution < -0.4 is 0 Å². The Bertz CT molecular complexity index is 604. The quantitative estimate of drug-likeness (QED) is 0.227. The van der Waals surface area contributed by atoms with Gasteiger partial charge in [0.25, 0.3) is 0 Å². The second-order valence-corrected chi connectivity index (χ2v) is 4.85. The fourth-order valence-corrected chi connectivity index (χ4v) is 1.30. The third-order valence-corrected chi connectivity index (χ3v) is 2.92. The van der Waals surface area contributed by atoms with Crippen molar-refractivity contribution >= 4 is 5.97 Å². The molecule has 0 fully saturated rings. The minimum absolute atomic E-state index is 0.265. The molecule has 0 amide bonds. The first-order valence-electron chi connectivity index (χ1n) is 6.01. The van der Waals surface area contributed by atoms with E-state index in [1.807, 2.05) is 0 Å². The number of esters is 1. The molecule has 164 valence electrons. The van der Waals surface area contributed by atoms with Crippen molar-refractivity contribution in [3.8, 4) is 0 Å². The summed E-state index contributed by atoms with van der Waals surface area (Å²) in [6.07, 6.45) is -7.93. The standard InChI is InChI=1S/C11H4F15O2/c1-2-4(27)28-3-5(12,13)6(14,15)7(16,17)8(18,19)9(20,21)10(22,23)11(24,25)26/h1-2H,3H2/q+1. The number of hydrogen-bond acceptors (Lipinski definition) is 2. The SMILES string of the molecule is [CH+]=CC(=O)OCC(F)(F)C(F)(F)C(F)(F)C(F)(F)C(F)(F)C(F)(F)C(F)(F)F. The summed E-state index contributed by atoms with van der Waals surface area (Å²) in [5.74, 6) is -49.4. The van der Waals surface area contributed by atoms with Gasteiger partial charge in [0.15, 0.2) is 6.61 Å². The van der Waals surface area contributed by atoms with E-state index in [9.17, 15) is 70.7 Å². The highest BCUT2D eigenvalue weighted by atomic mass is 19.4. The number of carbonyl (C=O) groups excluding carboxylic acids is 1. The fraction of sp³-hybridized carbons (Fsp3) is 0.727. The first kappa shape index (κ1) is 26.1. The molecule has 17 heteroatoms. The average Bonchev–Trinajstić information content (AvgIpc) is 2.50.